The molecule has 1 fully saturated rings. The Morgan fingerprint density at radius 2 is 1.85 bits per heavy atom. The molecule has 1 aliphatic heterocycles. The SMILES string of the molecule is C.CCCCCCCC(=O)COCCN1CCOCC1. The van der Waals surface area contributed by atoms with Crippen molar-refractivity contribution in [1.82, 2.24) is 4.90 Å². The molecule has 0 aromatic rings. The molecule has 1 aliphatic rings. The fraction of sp³-hybridized carbons (Fsp3) is 0.938. The van der Waals surface area contributed by atoms with Crippen LogP contribution in [0.2, 0.25) is 0 Å². The van der Waals surface area contributed by atoms with Gasteiger partial charge in [-0.3, -0.25) is 9.69 Å². The summed E-state index contributed by atoms with van der Waals surface area (Å²) in [5.74, 6) is 0.249. The lowest BCUT2D eigenvalue weighted by Gasteiger charge is -2.26. The summed E-state index contributed by atoms with van der Waals surface area (Å²) in [5, 5.41) is 0. The first-order valence-corrected chi connectivity index (χ1v) is 7.72. The molecule has 4 heteroatoms. The Bertz CT molecular complexity index is 228. The molecule has 1 rings (SSSR count). The Morgan fingerprint density at radius 1 is 1.15 bits per heavy atom. The van der Waals surface area contributed by atoms with Gasteiger partial charge in [0.05, 0.1) is 19.8 Å². The molecule has 0 N–H and O–H groups in total. The van der Waals surface area contributed by atoms with Crippen LogP contribution >= 0.6 is 0 Å². The van der Waals surface area contributed by atoms with Crippen LogP contribution in [0.5, 0.6) is 0 Å². The molecule has 0 aliphatic carbocycles. The molecule has 0 aromatic heterocycles. The summed E-state index contributed by atoms with van der Waals surface area (Å²) in [6.45, 7) is 7.65. The molecule has 1 heterocycles. The van der Waals surface area contributed by atoms with Gasteiger partial charge >= 0.3 is 0 Å². The molecule has 0 spiro atoms. The number of unbranched alkanes of at least 4 members (excludes halogenated alkanes) is 4. The lowest BCUT2D eigenvalue weighted by molar-refractivity contribution is -0.124. The molecule has 0 bridgehead atoms. The smallest absolute Gasteiger partial charge is 0.158 e. The molecular weight excluding hydrogens is 254 g/mol. The summed E-state index contributed by atoms with van der Waals surface area (Å²) >= 11 is 0. The third-order valence-electron chi connectivity index (χ3n) is 3.48. The van der Waals surface area contributed by atoms with Crippen molar-refractivity contribution in [3.63, 3.8) is 0 Å². The lowest BCUT2D eigenvalue weighted by Crippen LogP contribution is -2.38. The molecule has 0 atom stereocenters. The molecule has 0 amide bonds. The third-order valence-corrected chi connectivity index (χ3v) is 3.48. The first-order valence-electron chi connectivity index (χ1n) is 7.72. The predicted octanol–water partition coefficient (Wildman–Crippen LogP) is 2.90. The molecule has 20 heavy (non-hydrogen) atoms. The predicted molar refractivity (Wildman–Crippen MR) is 83.2 cm³/mol. The summed E-state index contributed by atoms with van der Waals surface area (Å²) < 4.78 is 10.7. The average Bonchev–Trinajstić information content (AvgIpc) is 2.44. The standard InChI is InChI=1S/C15H29NO3.CH4/c1-2-3-4-5-6-7-15(17)14-19-13-10-16-8-11-18-12-9-16;/h2-14H2,1H3;1H4. The highest BCUT2D eigenvalue weighted by atomic mass is 16.5. The van der Waals surface area contributed by atoms with Crippen LogP contribution in [0.25, 0.3) is 0 Å². The highest BCUT2D eigenvalue weighted by Gasteiger charge is 2.09. The van der Waals surface area contributed by atoms with E-state index in [9.17, 15) is 4.79 Å². The molecule has 4 nitrogen and oxygen atoms in total. The van der Waals surface area contributed by atoms with Crippen molar-refractivity contribution < 1.29 is 14.3 Å². The maximum atomic E-state index is 11.6. The summed E-state index contributed by atoms with van der Waals surface area (Å²) in [5.41, 5.74) is 0. The van der Waals surface area contributed by atoms with Crippen molar-refractivity contribution >= 4 is 5.78 Å². The third kappa shape index (κ3) is 10.4. The highest BCUT2D eigenvalue weighted by Crippen LogP contribution is 2.05. The molecule has 120 valence electrons. The monoisotopic (exact) mass is 287 g/mol. The van der Waals surface area contributed by atoms with E-state index in [0.717, 1.165) is 39.3 Å². The highest BCUT2D eigenvalue weighted by molar-refractivity contribution is 5.79. The number of hydrogen-bond acceptors (Lipinski definition) is 4. The maximum Gasteiger partial charge on any atom is 0.158 e. The Kier molecular flexibility index (Phi) is 13.2. The van der Waals surface area contributed by atoms with Gasteiger partial charge in [-0.05, 0) is 6.42 Å². The van der Waals surface area contributed by atoms with Crippen molar-refractivity contribution in [2.24, 2.45) is 0 Å². The van der Waals surface area contributed by atoms with E-state index >= 15 is 0 Å². The van der Waals surface area contributed by atoms with Gasteiger partial charge in [0.15, 0.2) is 5.78 Å². The van der Waals surface area contributed by atoms with Crippen molar-refractivity contribution in [3.05, 3.63) is 0 Å². The van der Waals surface area contributed by atoms with Crippen LogP contribution in [-0.4, -0.2) is 56.7 Å². The van der Waals surface area contributed by atoms with E-state index in [2.05, 4.69) is 11.8 Å². The second-order valence-electron chi connectivity index (χ2n) is 5.21. The van der Waals surface area contributed by atoms with E-state index < -0.39 is 0 Å². The van der Waals surface area contributed by atoms with Crippen molar-refractivity contribution in [3.8, 4) is 0 Å². The molecule has 1 saturated heterocycles. The van der Waals surface area contributed by atoms with E-state index in [1.165, 1.54) is 25.7 Å². The fourth-order valence-corrected chi connectivity index (χ4v) is 2.20. The van der Waals surface area contributed by atoms with Crippen LogP contribution < -0.4 is 0 Å². The minimum atomic E-state index is 0. The molecule has 0 saturated carbocycles. The molecule has 0 radical (unpaired) electrons. The van der Waals surface area contributed by atoms with Crippen molar-refractivity contribution in [2.45, 2.75) is 52.9 Å². The van der Waals surface area contributed by atoms with Gasteiger partial charge in [-0.2, -0.15) is 0 Å². The second-order valence-corrected chi connectivity index (χ2v) is 5.21. The van der Waals surface area contributed by atoms with Crippen molar-refractivity contribution in [2.75, 3.05) is 46.1 Å². The largest absolute Gasteiger partial charge is 0.379 e. The van der Waals surface area contributed by atoms with Gasteiger partial charge in [0.25, 0.3) is 0 Å². The summed E-state index contributed by atoms with van der Waals surface area (Å²) in [4.78, 5) is 13.9. The van der Waals surface area contributed by atoms with Gasteiger partial charge < -0.3 is 9.47 Å². The Balaban J connectivity index is 0.00000361. The molecule has 0 aromatic carbocycles. The minimum Gasteiger partial charge on any atom is -0.379 e. The van der Waals surface area contributed by atoms with Gasteiger partial charge in [-0.1, -0.05) is 40.0 Å². The number of hydrogen-bond donors (Lipinski definition) is 0. The van der Waals surface area contributed by atoms with Crippen molar-refractivity contribution in [1.29, 1.82) is 0 Å². The quantitative estimate of drug-likeness (QED) is 0.548. The van der Waals surface area contributed by atoms with Crippen LogP contribution in [0.4, 0.5) is 0 Å². The first-order chi connectivity index (χ1) is 9.33. The zero-order chi connectivity index (χ0) is 13.8. The van der Waals surface area contributed by atoms with Crippen LogP contribution in [0.15, 0.2) is 0 Å². The topological polar surface area (TPSA) is 38.8 Å². The minimum absolute atomic E-state index is 0. The van der Waals surface area contributed by atoms with Crippen LogP contribution in [0, 0.1) is 0 Å². The van der Waals surface area contributed by atoms with Gasteiger partial charge in [0.1, 0.15) is 6.61 Å². The number of ketones is 1. The van der Waals surface area contributed by atoms with Gasteiger partial charge in [-0.15, -0.1) is 0 Å². The zero-order valence-electron chi connectivity index (χ0n) is 12.4. The molecule has 0 unspecified atom stereocenters. The van der Waals surface area contributed by atoms with E-state index in [-0.39, 0.29) is 19.8 Å². The average molecular weight is 287 g/mol. The number of carbonyl (C=O) groups excluding carboxylic acids is 1. The number of carbonyl (C=O) groups is 1. The van der Waals surface area contributed by atoms with Crippen LogP contribution in [-0.2, 0) is 14.3 Å². The van der Waals surface area contributed by atoms with Crippen LogP contribution in [0.3, 0.4) is 0 Å². The zero-order valence-corrected chi connectivity index (χ0v) is 12.4. The maximum absolute atomic E-state index is 11.6. The Labute approximate surface area is 124 Å². The van der Waals surface area contributed by atoms with Crippen LogP contribution in [0.1, 0.15) is 52.9 Å². The lowest BCUT2D eigenvalue weighted by atomic mass is 10.1. The number of ether oxygens (including phenoxy) is 2. The summed E-state index contributed by atoms with van der Waals surface area (Å²) in [7, 11) is 0. The normalized spacial score (nSPS) is 15.8. The molecular formula is C16H33NO3. The van der Waals surface area contributed by atoms with Gasteiger partial charge in [-0.25, -0.2) is 0 Å². The summed E-state index contributed by atoms with van der Waals surface area (Å²) in [6, 6.07) is 0. The first kappa shape index (κ1) is 19.6. The van der Waals surface area contributed by atoms with Gasteiger partial charge in [0.2, 0.25) is 0 Å². The van der Waals surface area contributed by atoms with E-state index in [4.69, 9.17) is 9.47 Å². The number of nitrogens with zero attached hydrogens (tertiary/aromatic N) is 1. The second kappa shape index (κ2) is 13.5. The fourth-order valence-electron chi connectivity index (χ4n) is 2.20. The van der Waals surface area contributed by atoms with E-state index in [0.29, 0.717) is 13.0 Å². The Morgan fingerprint density at radius 3 is 2.55 bits per heavy atom. The van der Waals surface area contributed by atoms with E-state index in [1.54, 1.807) is 0 Å². The number of Topliss-reactive ketones (excluding diaryl/α,β-unsaturated/α-hetero) is 1. The van der Waals surface area contributed by atoms with Gasteiger partial charge in [0, 0.05) is 26.1 Å². The number of morpholine rings is 1. The van der Waals surface area contributed by atoms with E-state index in [1.807, 2.05) is 0 Å². The Hall–Kier alpha value is -0.450. The summed E-state index contributed by atoms with van der Waals surface area (Å²) in [6.07, 6.45) is 6.66. The number of rotatable bonds is 11.